The number of hydrogen-bond acceptors (Lipinski definition) is 5. The molecule has 0 unspecified atom stereocenters. The number of carbonyl (C=O) groups is 3. The third kappa shape index (κ3) is 6.85. The summed E-state index contributed by atoms with van der Waals surface area (Å²) in [6.07, 6.45) is 0. The Kier molecular flexibility index (Phi) is 8.82. The van der Waals surface area contributed by atoms with Crippen molar-refractivity contribution in [1.29, 1.82) is 0 Å². The van der Waals surface area contributed by atoms with E-state index in [1.54, 1.807) is 62.4 Å². The minimum Gasteiger partial charge on any atom is -1.00 e. The lowest BCUT2D eigenvalue weighted by Gasteiger charge is -2.24. The van der Waals surface area contributed by atoms with Crippen molar-refractivity contribution in [2.24, 2.45) is 0 Å². The number of ether oxygens (including phenoxy) is 2. The van der Waals surface area contributed by atoms with Crippen LogP contribution in [0.4, 0.5) is 0 Å². The lowest BCUT2D eigenvalue weighted by Crippen LogP contribution is -3.00. The van der Waals surface area contributed by atoms with E-state index in [0.29, 0.717) is 21.9 Å². The first-order valence-corrected chi connectivity index (χ1v) is 9.08. The number of hydrogen-bond donors (Lipinski definition) is 1. The second-order valence-corrected chi connectivity index (χ2v) is 7.32. The second-order valence-electron chi connectivity index (χ2n) is 6.88. The number of Topliss-reactive ketones (excluding diaryl/α,β-unsaturated/α-hetero) is 1. The van der Waals surface area contributed by atoms with Crippen molar-refractivity contribution in [3.63, 3.8) is 0 Å². The Morgan fingerprint density at radius 3 is 1.97 bits per heavy atom. The fourth-order valence-corrected chi connectivity index (χ4v) is 2.37. The van der Waals surface area contributed by atoms with E-state index in [4.69, 9.17) is 21.1 Å². The summed E-state index contributed by atoms with van der Waals surface area (Å²) >= 11 is 5.84. The van der Waals surface area contributed by atoms with E-state index in [-0.39, 0.29) is 30.6 Å². The minimum atomic E-state index is -1.27. The van der Waals surface area contributed by atoms with Gasteiger partial charge in [-0.05, 0) is 62.4 Å². The lowest BCUT2D eigenvalue weighted by molar-refractivity contribution is -0.408. The normalized spacial score (nSPS) is 11.8. The molecular formula is C21H23Cl2NO5. The summed E-state index contributed by atoms with van der Waals surface area (Å²) in [7, 11) is 0. The molecule has 0 bridgehead atoms. The Bertz CT molecular complexity index is 864. The van der Waals surface area contributed by atoms with Gasteiger partial charge in [-0.25, -0.2) is 4.79 Å². The molecule has 6 nitrogen and oxygen atoms in total. The summed E-state index contributed by atoms with van der Waals surface area (Å²) in [6, 6.07) is 12.5. The van der Waals surface area contributed by atoms with Crippen molar-refractivity contribution < 1.29 is 42.0 Å². The molecule has 0 fully saturated rings. The zero-order chi connectivity index (χ0) is 20.9. The van der Waals surface area contributed by atoms with Crippen LogP contribution in [0.25, 0.3) is 0 Å². The lowest BCUT2D eigenvalue weighted by atomic mass is 10.0. The summed E-state index contributed by atoms with van der Waals surface area (Å²) < 4.78 is 10.8. The molecule has 0 heterocycles. The van der Waals surface area contributed by atoms with Crippen molar-refractivity contribution in [2.75, 3.05) is 6.61 Å². The number of carbonyl (C=O) groups excluding carboxylic acids is 3. The van der Waals surface area contributed by atoms with Crippen LogP contribution in [0.2, 0.25) is 5.02 Å². The van der Waals surface area contributed by atoms with E-state index >= 15 is 0 Å². The van der Waals surface area contributed by atoms with Gasteiger partial charge in [-0.15, -0.1) is 0 Å². The highest BCUT2D eigenvalue weighted by Crippen LogP contribution is 2.22. The highest BCUT2D eigenvalue weighted by molar-refractivity contribution is 6.30. The van der Waals surface area contributed by atoms with Gasteiger partial charge in [0.25, 0.3) is 0 Å². The molecule has 8 heteroatoms. The molecule has 156 valence electrons. The van der Waals surface area contributed by atoms with Crippen LogP contribution in [-0.4, -0.2) is 35.8 Å². The van der Waals surface area contributed by atoms with Crippen LogP contribution in [0.5, 0.6) is 5.75 Å². The predicted molar refractivity (Wildman–Crippen MR) is 104 cm³/mol. The van der Waals surface area contributed by atoms with Crippen molar-refractivity contribution in [1.82, 2.24) is 0 Å². The van der Waals surface area contributed by atoms with Gasteiger partial charge in [-0.1, -0.05) is 11.6 Å². The molecule has 29 heavy (non-hydrogen) atoms. The maximum atomic E-state index is 12.5. The Hall–Kier alpha value is -2.41. The van der Waals surface area contributed by atoms with Crippen LogP contribution >= 0.6 is 11.6 Å². The summed E-state index contributed by atoms with van der Waals surface area (Å²) in [4.78, 5) is 35.9. The molecule has 0 aliphatic heterocycles. The molecule has 0 radical (unpaired) electrons. The van der Waals surface area contributed by atoms with Gasteiger partial charge < -0.3 is 27.6 Å². The monoisotopic (exact) mass is 439 g/mol. The topological polar surface area (TPSA) is 97.3 Å². The number of rotatable bonds is 8. The van der Waals surface area contributed by atoms with Gasteiger partial charge in [0, 0.05) is 23.1 Å². The molecule has 0 aliphatic rings. The molecule has 2 aromatic carbocycles. The average molecular weight is 440 g/mol. The molecule has 0 aliphatic carbocycles. The molecule has 2 rings (SSSR count). The molecule has 0 spiro atoms. The number of benzene rings is 2. The summed E-state index contributed by atoms with van der Waals surface area (Å²) in [5.74, 6) is -0.504. The van der Waals surface area contributed by atoms with E-state index in [9.17, 15) is 14.4 Å². The zero-order valence-corrected chi connectivity index (χ0v) is 17.9. The fourth-order valence-electron chi connectivity index (χ4n) is 2.25. The van der Waals surface area contributed by atoms with Crippen LogP contribution in [0, 0.1) is 0 Å². The van der Waals surface area contributed by atoms with E-state index in [1.165, 1.54) is 6.92 Å². The van der Waals surface area contributed by atoms with Gasteiger partial charge in [0.2, 0.25) is 0 Å². The van der Waals surface area contributed by atoms with Gasteiger partial charge in [-0.3, -0.25) is 9.59 Å². The van der Waals surface area contributed by atoms with E-state index in [1.807, 2.05) is 0 Å². The molecular weight excluding hydrogens is 417 g/mol. The Morgan fingerprint density at radius 1 is 1.00 bits per heavy atom. The van der Waals surface area contributed by atoms with Crippen LogP contribution in [0.3, 0.4) is 0 Å². The summed E-state index contributed by atoms with van der Waals surface area (Å²) in [5.41, 5.74) is 3.37. The van der Waals surface area contributed by atoms with Gasteiger partial charge in [0.15, 0.2) is 29.8 Å². The molecule has 0 saturated heterocycles. The standard InChI is InChI=1S/C21H22ClNO5.ClH/c1-13(24)18(23)12-27-20(26)21(2,3)28-17-10-6-15(7-11-17)19(25)14-4-8-16(22)9-5-14;/h4-11,18H,12,23H2,1-3H3;1H/t18-;/m0./s1. The number of halogens is 2. The van der Waals surface area contributed by atoms with Crippen molar-refractivity contribution >= 4 is 29.1 Å². The van der Waals surface area contributed by atoms with Crippen LogP contribution < -0.4 is 22.9 Å². The van der Waals surface area contributed by atoms with Gasteiger partial charge in [-0.2, -0.15) is 0 Å². The maximum absolute atomic E-state index is 12.5. The quantitative estimate of drug-likeness (QED) is 0.440. The third-order valence-electron chi connectivity index (χ3n) is 4.08. The van der Waals surface area contributed by atoms with Gasteiger partial charge in [0.1, 0.15) is 5.75 Å². The predicted octanol–water partition coefficient (Wildman–Crippen LogP) is -0.525. The minimum absolute atomic E-state index is 0. The highest BCUT2D eigenvalue weighted by Gasteiger charge is 2.33. The number of ketones is 2. The SMILES string of the molecule is CC(=O)[C@@H]([NH3+])COC(=O)C(C)(C)Oc1ccc(C(=O)c2ccc(Cl)cc2)cc1.[Cl-]. The molecule has 0 amide bonds. The first kappa shape index (κ1) is 24.6. The Balaban J connectivity index is 0.00000420. The van der Waals surface area contributed by atoms with Crippen molar-refractivity contribution in [3.8, 4) is 5.75 Å². The molecule has 0 saturated carbocycles. The van der Waals surface area contributed by atoms with Gasteiger partial charge >= 0.3 is 5.97 Å². The molecule has 2 aromatic rings. The van der Waals surface area contributed by atoms with E-state index in [0.717, 1.165) is 0 Å². The Morgan fingerprint density at radius 2 is 1.48 bits per heavy atom. The fraction of sp³-hybridized carbons (Fsp3) is 0.286. The van der Waals surface area contributed by atoms with Crippen molar-refractivity contribution in [3.05, 3.63) is 64.7 Å². The van der Waals surface area contributed by atoms with Crippen molar-refractivity contribution in [2.45, 2.75) is 32.4 Å². The first-order valence-electron chi connectivity index (χ1n) is 8.70. The Labute approximate surface area is 180 Å². The maximum Gasteiger partial charge on any atom is 0.350 e. The van der Waals surface area contributed by atoms with Crippen LogP contribution in [-0.2, 0) is 14.3 Å². The number of esters is 1. The van der Waals surface area contributed by atoms with E-state index < -0.39 is 17.6 Å². The van der Waals surface area contributed by atoms with E-state index in [2.05, 4.69) is 5.73 Å². The zero-order valence-electron chi connectivity index (χ0n) is 16.4. The van der Waals surface area contributed by atoms with Crippen LogP contribution in [0.15, 0.2) is 48.5 Å². The van der Waals surface area contributed by atoms with Crippen LogP contribution in [0.1, 0.15) is 36.7 Å². The second kappa shape index (κ2) is 10.4. The largest absolute Gasteiger partial charge is 1.00 e. The highest BCUT2D eigenvalue weighted by atomic mass is 35.5. The summed E-state index contributed by atoms with van der Waals surface area (Å²) in [5, 5.41) is 0.558. The molecule has 1 atom stereocenters. The number of quaternary nitrogens is 1. The third-order valence-corrected chi connectivity index (χ3v) is 4.33. The van der Waals surface area contributed by atoms with Gasteiger partial charge in [0.05, 0.1) is 0 Å². The smallest absolute Gasteiger partial charge is 0.350 e. The average Bonchev–Trinajstić information content (AvgIpc) is 2.66. The molecule has 3 N–H and O–H groups in total. The summed E-state index contributed by atoms with van der Waals surface area (Å²) in [6.45, 7) is 4.41. The first-order chi connectivity index (χ1) is 13.1. The molecule has 0 aromatic heterocycles.